The second-order valence-electron chi connectivity index (χ2n) is 7.06. The zero-order valence-electron chi connectivity index (χ0n) is 17.9. The summed E-state index contributed by atoms with van der Waals surface area (Å²) in [5, 5.41) is 20.9. The average Bonchev–Trinajstić information content (AvgIpc) is 3.35. The van der Waals surface area contributed by atoms with Gasteiger partial charge in [-0.2, -0.15) is 10.2 Å². The van der Waals surface area contributed by atoms with Gasteiger partial charge in [-0.3, -0.25) is 9.89 Å². The molecule has 1 amide bonds. The summed E-state index contributed by atoms with van der Waals surface area (Å²) in [4.78, 5) is 12.4. The molecule has 0 spiro atoms. The Bertz CT molecular complexity index is 1250. The highest BCUT2D eigenvalue weighted by Crippen LogP contribution is 2.28. The van der Waals surface area contributed by atoms with Crippen LogP contribution in [-0.2, 0) is 6.61 Å². The van der Waals surface area contributed by atoms with Gasteiger partial charge < -0.3 is 14.6 Å². The maximum Gasteiger partial charge on any atom is 0.289 e. The fourth-order valence-corrected chi connectivity index (χ4v) is 3.08. The van der Waals surface area contributed by atoms with Gasteiger partial charge in [0.25, 0.3) is 5.91 Å². The van der Waals surface area contributed by atoms with Crippen molar-refractivity contribution in [2.24, 2.45) is 5.10 Å². The molecule has 33 heavy (non-hydrogen) atoms. The van der Waals surface area contributed by atoms with Gasteiger partial charge in [-0.15, -0.1) is 0 Å². The molecule has 0 saturated carbocycles. The fraction of sp³-hybridized carbons (Fsp3) is 0.0800. The van der Waals surface area contributed by atoms with Crippen molar-refractivity contribution >= 4 is 12.1 Å². The number of benzene rings is 3. The number of hydrogen-bond donors (Lipinski definition) is 3. The molecule has 0 bridgehead atoms. The van der Waals surface area contributed by atoms with Gasteiger partial charge >= 0.3 is 0 Å². The van der Waals surface area contributed by atoms with Crippen molar-refractivity contribution in [3.8, 4) is 28.5 Å². The third-order valence-corrected chi connectivity index (χ3v) is 4.84. The van der Waals surface area contributed by atoms with Crippen LogP contribution in [-0.4, -0.2) is 34.5 Å². The van der Waals surface area contributed by atoms with Crippen LogP contribution in [0.2, 0.25) is 0 Å². The summed E-state index contributed by atoms with van der Waals surface area (Å²) in [5.74, 6) is 0.541. The Morgan fingerprint density at radius 1 is 1.09 bits per heavy atom. The molecule has 0 atom stereocenters. The quantitative estimate of drug-likeness (QED) is 0.281. The summed E-state index contributed by atoms with van der Waals surface area (Å²) in [5.41, 5.74) is 5.61. The van der Waals surface area contributed by atoms with Crippen molar-refractivity contribution in [3.63, 3.8) is 0 Å². The van der Waals surface area contributed by atoms with Crippen LogP contribution in [0, 0.1) is 0 Å². The number of phenols is 1. The predicted octanol–water partition coefficient (Wildman–Crippen LogP) is 4.13. The van der Waals surface area contributed by atoms with Crippen LogP contribution in [0.1, 0.15) is 21.6 Å². The summed E-state index contributed by atoms with van der Waals surface area (Å²) in [6.45, 7) is 0.487. The first kappa shape index (κ1) is 21.6. The summed E-state index contributed by atoms with van der Waals surface area (Å²) < 4.78 is 10.8. The maximum absolute atomic E-state index is 12.4. The van der Waals surface area contributed by atoms with Crippen LogP contribution in [0.15, 0.2) is 84.0 Å². The van der Waals surface area contributed by atoms with Gasteiger partial charge in [-0.1, -0.05) is 36.4 Å². The predicted molar refractivity (Wildman–Crippen MR) is 125 cm³/mol. The molecule has 0 radical (unpaired) electrons. The number of hydrazone groups is 1. The van der Waals surface area contributed by atoms with E-state index in [9.17, 15) is 9.90 Å². The smallest absolute Gasteiger partial charge is 0.289 e. The number of aromatic nitrogens is 2. The molecule has 8 nitrogen and oxygen atoms in total. The van der Waals surface area contributed by atoms with Crippen molar-refractivity contribution in [2.75, 3.05) is 7.11 Å². The fourth-order valence-electron chi connectivity index (χ4n) is 3.08. The van der Waals surface area contributed by atoms with E-state index in [0.29, 0.717) is 23.6 Å². The lowest BCUT2D eigenvalue weighted by molar-refractivity contribution is 0.0950. The Balaban J connectivity index is 1.35. The normalized spacial score (nSPS) is 10.8. The molecule has 8 heteroatoms. The molecular formula is C25H22N4O4. The van der Waals surface area contributed by atoms with Crippen LogP contribution in [0.4, 0.5) is 0 Å². The number of carbonyl (C=O) groups excluding carboxylic acids is 1. The highest BCUT2D eigenvalue weighted by Gasteiger charge is 2.11. The number of nitrogens with zero attached hydrogens (tertiary/aromatic N) is 2. The monoisotopic (exact) mass is 442 g/mol. The van der Waals surface area contributed by atoms with Crippen LogP contribution in [0.3, 0.4) is 0 Å². The molecule has 4 aromatic rings. The first-order chi connectivity index (χ1) is 16.1. The van der Waals surface area contributed by atoms with Gasteiger partial charge in [-0.25, -0.2) is 5.43 Å². The van der Waals surface area contributed by atoms with E-state index in [1.165, 1.54) is 13.3 Å². The second-order valence-corrected chi connectivity index (χ2v) is 7.06. The number of para-hydroxylation sites is 1. The van der Waals surface area contributed by atoms with Gasteiger partial charge in [0.15, 0.2) is 11.5 Å². The summed E-state index contributed by atoms with van der Waals surface area (Å²) in [6.07, 6.45) is 1.33. The van der Waals surface area contributed by atoms with E-state index in [0.717, 1.165) is 16.9 Å². The maximum atomic E-state index is 12.4. The number of nitrogens with one attached hydrogen (secondary N) is 2. The zero-order valence-corrected chi connectivity index (χ0v) is 17.9. The van der Waals surface area contributed by atoms with Crippen molar-refractivity contribution < 1.29 is 19.4 Å². The molecule has 0 aliphatic carbocycles. The minimum absolute atomic E-state index is 0.0574. The first-order valence-electron chi connectivity index (χ1n) is 10.2. The number of ether oxygens (including phenoxy) is 2. The largest absolute Gasteiger partial charge is 0.504 e. The zero-order chi connectivity index (χ0) is 23.0. The van der Waals surface area contributed by atoms with Crippen molar-refractivity contribution in [1.82, 2.24) is 15.6 Å². The van der Waals surface area contributed by atoms with Crippen LogP contribution in [0.25, 0.3) is 11.3 Å². The summed E-state index contributed by atoms with van der Waals surface area (Å²) in [7, 11) is 1.46. The average molecular weight is 442 g/mol. The molecule has 0 aliphatic rings. The van der Waals surface area contributed by atoms with E-state index in [1.807, 2.05) is 54.6 Å². The Morgan fingerprint density at radius 2 is 1.88 bits per heavy atom. The molecule has 0 fully saturated rings. The van der Waals surface area contributed by atoms with E-state index < -0.39 is 5.91 Å². The molecule has 0 aliphatic heterocycles. The standard InChI is InChI=1S/C25H22N4O4/c1-32-23-9-5-8-19(24(23)30)15-26-29-25(31)22-14-21(27-28-22)18-10-12-20(13-11-18)33-16-17-6-3-2-4-7-17/h2-15,30H,16H2,1H3,(H,27,28)(H,29,31)/b26-15+. The second kappa shape index (κ2) is 10.1. The van der Waals surface area contributed by atoms with E-state index >= 15 is 0 Å². The molecule has 3 aromatic carbocycles. The number of carbonyl (C=O) groups is 1. The molecule has 3 N–H and O–H groups in total. The van der Waals surface area contributed by atoms with Crippen molar-refractivity contribution in [3.05, 3.63) is 95.7 Å². The number of aromatic amines is 1. The molecular weight excluding hydrogens is 420 g/mol. The lowest BCUT2D eigenvalue weighted by Gasteiger charge is -2.06. The minimum atomic E-state index is -0.463. The van der Waals surface area contributed by atoms with Crippen molar-refractivity contribution in [1.29, 1.82) is 0 Å². The third-order valence-electron chi connectivity index (χ3n) is 4.84. The first-order valence-corrected chi connectivity index (χ1v) is 10.2. The lowest BCUT2D eigenvalue weighted by atomic mass is 10.1. The van der Waals surface area contributed by atoms with Gasteiger partial charge in [0.1, 0.15) is 18.1 Å². The van der Waals surface area contributed by atoms with Crippen LogP contribution in [0.5, 0.6) is 17.2 Å². The Hall–Kier alpha value is -4.59. The number of methoxy groups -OCH3 is 1. The number of phenolic OH excluding ortho intramolecular Hbond substituents is 1. The van der Waals surface area contributed by atoms with E-state index in [4.69, 9.17) is 9.47 Å². The summed E-state index contributed by atoms with van der Waals surface area (Å²) >= 11 is 0. The summed E-state index contributed by atoms with van der Waals surface area (Å²) in [6, 6.07) is 24.0. The van der Waals surface area contributed by atoms with Gasteiger partial charge in [0.05, 0.1) is 19.0 Å². The van der Waals surface area contributed by atoms with Crippen molar-refractivity contribution in [2.45, 2.75) is 6.61 Å². The van der Waals surface area contributed by atoms with E-state index in [1.54, 1.807) is 24.3 Å². The highest BCUT2D eigenvalue weighted by atomic mass is 16.5. The number of hydrogen-bond acceptors (Lipinski definition) is 6. The minimum Gasteiger partial charge on any atom is -0.504 e. The Labute approximate surface area is 190 Å². The number of H-pyrrole nitrogens is 1. The molecule has 4 rings (SSSR count). The number of amides is 1. The van der Waals surface area contributed by atoms with Gasteiger partial charge in [-0.05, 0) is 48.0 Å². The highest BCUT2D eigenvalue weighted by molar-refractivity contribution is 5.94. The lowest BCUT2D eigenvalue weighted by Crippen LogP contribution is -2.18. The number of aromatic hydroxyl groups is 1. The van der Waals surface area contributed by atoms with Gasteiger partial charge in [0.2, 0.25) is 0 Å². The van der Waals surface area contributed by atoms with E-state index in [-0.39, 0.29) is 11.4 Å². The number of rotatable bonds is 8. The molecule has 1 aromatic heterocycles. The molecule has 0 unspecified atom stereocenters. The molecule has 1 heterocycles. The SMILES string of the molecule is COc1cccc(/C=N/NC(=O)c2cc(-c3ccc(OCc4ccccc4)cc3)n[nH]2)c1O. The van der Waals surface area contributed by atoms with Crippen LogP contribution >= 0.6 is 0 Å². The molecule has 166 valence electrons. The van der Waals surface area contributed by atoms with Gasteiger partial charge in [0, 0.05) is 11.1 Å². The molecule has 0 saturated heterocycles. The topological polar surface area (TPSA) is 109 Å². The Morgan fingerprint density at radius 3 is 2.64 bits per heavy atom. The van der Waals surface area contributed by atoms with E-state index in [2.05, 4.69) is 20.7 Å². The van der Waals surface area contributed by atoms with Crippen LogP contribution < -0.4 is 14.9 Å². The third kappa shape index (κ3) is 5.37. The Kier molecular flexibility index (Phi) is 6.65.